The number of H-pyrrole nitrogens is 1. The summed E-state index contributed by atoms with van der Waals surface area (Å²) in [6.07, 6.45) is 21.8. The number of nitrogens with zero attached hydrogens (tertiary/aromatic N) is 4. The van der Waals surface area contributed by atoms with E-state index >= 15 is 0 Å². The molecule has 1 aromatic rings. The topological polar surface area (TPSA) is 178 Å². The van der Waals surface area contributed by atoms with Crippen LogP contribution in [-0.2, 0) is 23.1 Å². The van der Waals surface area contributed by atoms with Gasteiger partial charge in [-0.1, -0.05) is 122 Å². The largest absolute Gasteiger partial charge is 0.472 e. The van der Waals surface area contributed by atoms with E-state index in [1.165, 1.54) is 107 Å². The van der Waals surface area contributed by atoms with Gasteiger partial charge in [0, 0.05) is 35.5 Å². The Labute approximate surface area is 303 Å². The Morgan fingerprint density at radius 1 is 0.980 bits per heavy atom. The number of hydrogen-bond donors (Lipinski definition) is 2. The first kappa shape index (κ1) is 44.5. The van der Waals surface area contributed by atoms with Crippen molar-refractivity contribution >= 4 is 19.6 Å². The number of aryl methyl sites for hydroxylation is 1. The lowest BCUT2D eigenvalue weighted by atomic mass is 10.1. The van der Waals surface area contributed by atoms with Crippen molar-refractivity contribution in [3.8, 4) is 0 Å². The number of rotatable bonds is 31. The standard InChI is InChI=1S/C35H64N5O8PS/c1-4-6-8-10-12-14-15-17-19-21-23-50-28-30(45-22-20-18-16-13-11-9-7-5-2)26-46-49(43,44)47-27-32-31(38-39-36)24-33(48-32)40-25-29(3)34(41)37-35(40)42/h25,30-33H,4-24,26-28H2,1-3H3,(H,43,44)(H,37,41,42)/t30?,31?,32-,33-/m1/s1. The van der Waals surface area contributed by atoms with Crippen LogP contribution in [0.15, 0.2) is 20.9 Å². The number of phosphoric ester groups is 1. The summed E-state index contributed by atoms with van der Waals surface area (Å²) < 4.78 is 36.8. The molecule has 13 nitrogen and oxygen atoms in total. The van der Waals surface area contributed by atoms with E-state index in [0.29, 0.717) is 17.9 Å². The summed E-state index contributed by atoms with van der Waals surface area (Å²) in [6, 6.07) is -0.769. The number of azide groups is 1. The number of ether oxygens (including phenoxy) is 2. The zero-order chi connectivity index (χ0) is 36.5. The molecule has 5 atom stereocenters. The van der Waals surface area contributed by atoms with Gasteiger partial charge in [0.2, 0.25) is 0 Å². The van der Waals surface area contributed by atoms with E-state index in [1.807, 2.05) is 0 Å². The lowest BCUT2D eigenvalue weighted by molar-refractivity contribution is -0.0315. The summed E-state index contributed by atoms with van der Waals surface area (Å²) in [5.41, 5.74) is 8.19. The van der Waals surface area contributed by atoms with Crippen LogP contribution in [0.2, 0.25) is 0 Å². The Kier molecular flexibility index (Phi) is 24.1. The summed E-state index contributed by atoms with van der Waals surface area (Å²) in [5, 5.41) is 3.74. The summed E-state index contributed by atoms with van der Waals surface area (Å²) in [4.78, 5) is 39.8. The third kappa shape index (κ3) is 19.3. The van der Waals surface area contributed by atoms with Gasteiger partial charge in [-0.2, -0.15) is 11.8 Å². The van der Waals surface area contributed by atoms with Crippen LogP contribution in [-0.4, -0.2) is 64.0 Å². The highest BCUT2D eigenvalue weighted by atomic mass is 32.2. The van der Waals surface area contributed by atoms with Crippen molar-refractivity contribution in [1.29, 1.82) is 0 Å². The summed E-state index contributed by atoms with van der Waals surface area (Å²) >= 11 is 1.78. The molecule has 2 N–H and O–H groups in total. The number of nitrogens with one attached hydrogen (secondary N) is 1. The first-order chi connectivity index (χ1) is 24.2. The molecular weight excluding hydrogens is 681 g/mol. The number of unbranched alkanes of at least 4 members (excludes halogenated alkanes) is 16. The van der Waals surface area contributed by atoms with Gasteiger partial charge in [0.1, 0.15) is 6.23 Å². The predicted octanol–water partition coefficient (Wildman–Crippen LogP) is 9.13. The van der Waals surface area contributed by atoms with E-state index in [2.05, 4.69) is 28.9 Å². The highest BCUT2D eigenvalue weighted by molar-refractivity contribution is 7.99. The van der Waals surface area contributed by atoms with Crippen molar-refractivity contribution in [2.75, 3.05) is 31.3 Å². The van der Waals surface area contributed by atoms with Crippen molar-refractivity contribution in [2.24, 2.45) is 5.11 Å². The lowest BCUT2D eigenvalue weighted by Crippen LogP contribution is -2.33. The number of aromatic nitrogens is 2. The average molecular weight is 746 g/mol. The van der Waals surface area contributed by atoms with Gasteiger partial charge in [0.25, 0.3) is 5.56 Å². The van der Waals surface area contributed by atoms with Crippen LogP contribution in [0.5, 0.6) is 0 Å². The maximum Gasteiger partial charge on any atom is 0.472 e. The predicted molar refractivity (Wildman–Crippen MR) is 201 cm³/mol. The summed E-state index contributed by atoms with van der Waals surface area (Å²) in [6.45, 7) is 6.08. The van der Waals surface area contributed by atoms with E-state index in [0.717, 1.165) is 25.0 Å². The molecule has 1 aliphatic rings. The minimum Gasteiger partial charge on any atom is -0.375 e. The smallest absolute Gasteiger partial charge is 0.375 e. The lowest BCUT2D eigenvalue weighted by Gasteiger charge is -2.21. The maximum atomic E-state index is 12.9. The molecule has 0 bridgehead atoms. The fourth-order valence-electron chi connectivity index (χ4n) is 5.94. The van der Waals surface area contributed by atoms with Crippen LogP contribution in [0.25, 0.3) is 10.4 Å². The maximum absolute atomic E-state index is 12.9. The molecule has 15 heteroatoms. The van der Waals surface area contributed by atoms with Gasteiger partial charge in [-0.05, 0) is 31.0 Å². The SMILES string of the molecule is CCCCCCCCCCCCSCC(COP(=O)(O)OC[C@H]1O[C@@H](n2cc(C)c(=O)[nH]c2=O)CC1N=[N+]=[N-])OCCCCCCCCCC. The van der Waals surface area contributed by atoms with Crippen LogP contribution >= 0.6 is 19.6 Å². The van der Waals surface area contributed by atoms with E-state index in [4.69, 9.17) is 24.1 Å². The van der Waals surface area contributed by atoms with E-state index in [1.54, 1.807) is 18.7 Å². The molecule has 50 heavy (non-hydrogen) atoms. The van der Waals surface area contributed by atoms with E-state index in [-0.39, 0.29) is 19.1 Å². The molecule has 1 aromatic heterocycles. The molecule has 0 aliphatic carbocycles. The fraction of sp³-hybridized carbons (Fsp3) is 0.886. The monoisotopic (exact) mass is 745 g/mol. The molecule has 2 heterocycles. The van der Waals surface area contributed by atoms with Crippen LogP contribution in [0, 0.1) is 6.92 Å². The number of thioether (sulfide) groups is 1. The van der Waals surface area contributed by atoms with Gasteiger partial charge in [0.15, 0.2) is 0 Å². The van der Waals surface area contributed by atoms with Gasteiger partial charge in [-0.15, -0.1) is 0 Å². The van der Waals surface area contributed by atoms with E-state index < -0.39 is 44.1 Å². The highest BCUT2D eigenvalue weighted by Crippen LogP contribution is 2.45. The van der Waals surface area contributed by atoms with Crippen molar-refractivity contribution in [1.82, 2.24) is 9.55 Å². The molecule has 3 unspecified atom stereocenters. The highest BCUT2D eigenvalue weighted by Gasteiger charge is 2.38. The molecule has 0 radical (unpaired) electrons. The Morgan fingerprint density at radius 2 is 1.56 bits per heavy atom. The second kappa shape index (κ2) is 27.0. The molecule has 288 valence electrons. The molecule has 0 saturated carbocycles. The normalized spacial score (nSPS) is 19.3. The minimum absolute atomic E-state index is 0.101. The molecule has 0 spiro atoms. The van der Waals surface area contributed by atoms with Crippen molar-refractivity contribution < 1.29 is 28.0 Å². The summed E-state index contributed by atoms with van der Waals surface area (Å²) in [5.74, 6) is 1.65. The van der Waals surface area contributed by atoms with Crippen LogP contribution in [0.1, 0.15) is 148 Å². The molecule has 0 amide bonds. The Morgan fingerprint density at radius 3 is 2.16 bits per heavy atom. The van der Waals surface area contributed by atoms with Crippen LogP contribution in [0.3, 0.4) is 0 Å². The average Bonchev–Trinajstić information content (AvgIpc) is 3.49. The quantitative estimate of drug-likeness (QED) is 0.0247. The Bertz CT molecular complexity index is 1260. The second-order valence-corrected chi connectivity index (χ2v) is 16.0. The zero-order valence-electron chi connectivity index (χ0n) is 30.8. The van der Waals surface area contributed by atoms with Crippen LogP contribution in [0.4, 0.5) is 0 Å². The van der Waals surface area contributed by atoms with Gasteiger partial charge in [-0.3, -0.25) is 23.4 Å². The number of hydrogen-bond acceptors (Lipinski definition) is 9. The molecule has 1 fully saturated rings. The molecule has 1 saturated heterocycles. The third-order valence-corrected chi connectivity index (χ3v) is 11.1. The Balaban J connectivity index is 1.81. The fourth-order valence-corrected chi connectivity index (χ4v) is 7.74. The van der Waals surface area contributed by atoms with Crippen molar-refractivity contribution in [2.45, 2.75) is 167 Å². The summed E-state index contributed by atoms with van der Waals surface area (Å²) in [7, 11) is -4.51. The van der Waals surface area contributed by atoms with Crippen LogP contribution < -0.4 is 11.2 Å². The van der Waals surface area contributed by atoms with Gasteiger partial charge in [0.05, 0.1) is 31.5 Å². The minimum atomic E-state index is -4.51. The van der Waals surface area contributed by atoms with Gasteiger partial charge < -0.3 is 14.4 Å². The van der Waals surface area contributed by atoms with Gasteiger partial charge in [-0.25, -0.2) is 9.36 Å². The zero-order valence-corrected chi connectivity index (χ0v) is 32.5. The van der Waals surface area contributed by atoms with E-state index in [9.17, 15) is 19.0 Å². The molecule has 1 aliphatic heterocycles. The molecule has 2 rings (SSSR count). The van der Waals surface area contributed by atoms with Gasteiger partial charge >= 0.3 is 13.5 Å². The van der Waals surface area contributed by atoms with Crippen molar-refractivity contribution in [3.05, 3.63) is 43.0 Å². The molecule has 0 aromatic carbocycles. The molecular formula is C35H64N5O8PS. The number of phosphoric acid groups is 1. The third-order valence-electron chi connectivity index (χ3n) is 8.98. The first-order valence-corrected chi connectivity index (χ1v) is 21.7. The second-order valence-electron chi connectivity index (χ2n) is 13.4. The Hall–Kier alpha value is -1.63. The first-order valence-electron chi connectivity index (χ1n) is 19.0. The number of aromatic amines is 1. The van der Waals surface area contributed by atoms with Crippen molar-refractivity contribution in [3.63, 3.8) is 0 Å².